The Hall–Kier alpha value is -1.43. The molecule has 0 saturated carbocycles. The van der Waals surface area contributed by atoms with E-state index in [2.05, 4.69) is 4.98 Å². The Balaban J connectivity index is 2.34. The van der Waals surface area contributed by atoms with E-state index >= 15 is 0 Å². The predicted octanol–water partition coefficient (Wildman–Crippen LogP) is 1.84. The minimum absolute atomic E-state index is 0.265. The molecule has 2 rings (SSSR count). The number of aliphatic carboxylic acids is 1. The van der Waals surface area contributed by atoms with Crippen LogP contribution in [0.2, 0.25) is 0 Å². The molecule has 1 aromatic heterocycles. The zero-order valence-electron chi connectivity index (χ0n) is 10.7. The van der Waals surface area contributed by atoms with Crippen molar-refractivity contribution in [3.05, 3.63) is 15.6 Å². The molecule has 1 aliphatic heterocycles. The number of carbonyl (C=O) groups excluding carboxylic acids is 1. The second kappa shape index (κ2) is 4.35. The van der Waals surface area contributed by atoms with E-state index in [0.29, 0.717) is 18.7 Å². The Morgan fingerprint density at radius 3 is 2.61 bits per heavy atom. The summed E-state index contributed by atoms with van der Waals surface area (Å²) < 4.78 is 0. The summed E-state index contributed by atoms with van der Waals surface area (Å²) in [6, 6.07) is 0. The summed E-state index contributed by atoms with van der Waals surface area (Å²) in [7, 11) is 0. The normalized spacial score (nSPS) is 23.4. The van der Waals surface area contributed by atoms with Gasteiger partial charge in [0.05, 0.1) is 5.01 Å². The molecule has 1 aliphatic rings. The third-order valence-electron chi connectivity index (χ3n) is 3.45. The van der Waals surface area contributed by atoms with Crippen molar-refractivity contribution in [2.45, 2.75) is 39.2 Å². The zero-order valence-corrected chi connectivity index (χ0v) is 11.5. The number of aromatic nitrogens is 1. The first-order valence-electron chi connectivity index (χ1n) is 5.85. The quantitative estimate of drug-likeness (QED) is 0.888. The molecule has 5 nitrogen and oxygen atoms in total. The highest BCUT2D eigenvalue weighted by Crippen LogP contribution is 2.31. The zero-order chi connectivity index (χ0) is 13.5. The average molecular weight is 268 g/mol. The number of amides is 1. The van der Waals surface area contributed by atoms with Crippen LogP contribution in [0.1, 0.15) is 40.1 Å². The van der Waals surface area contributed by atoms with Crippen LogP contribution in [0.4, 0.5) is 0 Å². The summed E-state index contributed by atoms with van der Waals surface area (Å²) in [6.45, 7) is 5.77. The van der Waals surface area contributed by atoms with E-state index in [1.807, 2.05) is 13.8 Å². The molecular weight excluding hydrogens is 252 g/mol. The number of aryl methyl sites for hydroxylation is 2. The number of thiazole rings is 1. The fraction of sp³-hybridized carbons (Fsp3) is 0.583. The van der Waals surface area contributed by atoms with Crippen LogP contribution in [-0.4, -0.2) is 39.0 Å². The SMILES string of the molecule is Cc1nc(C(=O)N2CCCC2(C)C(=O)O)c(C)s1. The van der Waals surface area contributed by atoms with E-state index < -0.39 is 11.5 Å². The van der Waals surface area contributed by atoms with Crippen LogP contribution < -0.4 is 0 Å². The van der Waals surface area contributed by atoms with Crippen LogP contribution in [0.5, 0.6) is 0 Å². The first-order chi connectivity index (χ1) is 8.36. The molecule has 0 bridgehead atoms. The van der Waals surface area contributed by atoms with Crippen molar-refractivity contribution in [1.82, 2.24) is 9.88 Å². The summed E-state index contributed by atoms with van der Waals surface area (Å²) >= 11 is 1.46. The van der Waals surface area contributed by atoms with E-state index in [9.17, 15) is 14.7 Å². The van der Waals surface area contributed by atoms with Crippen molar-refractivity contribution in [1.29, 1.82) is 0 Å². The maximum absolute atomic E-state index is 12.4. The van der Waals surface area contributed by atoms with Crippen LogP contribution in [0.3, 0.4) is 0 Å². The second-order valence-electron chi connectivity index (χ2n) is 4.78. The molecule has 0 aliphatic carbocycles. The Kier molecular flexibility index (Phi) is 3.14. The van der Waals surface area contributed by atoms with Crippen molar-refractivity contribution in [3.8, 4) is 0 Å². The average Bonchev–Trinajstić information content (AvgIpc) is 2.82. The van der Waals surface area contributed by atoms with Gasteiger partial charge in [0.2, 0.25) is 0 Å². The van der Waals surface area contributed by atoms with Gasteiger partial charge in [-0.3, -0.25) is 4.79 Å². The number of rotatable bonds is 2. The molecule has 1 amide bonds. The molecule has 18 heavy (non-hydrogen) atoms. The van der Waals surface area contributed by atoms with Crippen molar-refractivity contribution in [2.24, 2.45) is 0 Å². The molecular formula is C12H16N2O3S. The highest BCUT2D eigenvalue weighted by Gasteiger charge is 2.46. The van der Waals surface area contributed by atoms with Crippen LogP contribution in [0.15, 0.2) is 0 Å². The highest BCUT2D eigenvalue weighted by atomic mass is 32.1. The molecule has 1 aromatic rings. The first kappa shape index (κ1) is 13.0. The van der Waals surface area contributed by atoms with Gasteiger partial charge in [-0.05, 0) is 33.6 Å². The van der Waals surface area contributed by atoms with Crippen molar-refractivity contribution < 1.29 is 14.7 Å². The molecule has 1 saturated heterocycles. The smallest absolute Gasteiger partial charge is 0.329 e. The van der Waals surface area contributed by atoms with Gasteiger partial charge in [0.25, 0.3) is 5.91 Å². The Morgan fingerprint density at radius 1 is 1.44 bits per heavy atom. The lowest BCUT2D eigenvalue weighted by atomic mass is 9.99. The summed E-state index contributed by atoms with van der Waals surface area (Å²) in [5.74, 6) is -1.21. The lowest BCUT2D eigenvalue weighted by Crippen LogP contribution is -2.51. The third-order valence-corrected chi connectivity index (χ3v) is 4.34. The Morgan fingerprint density at radius 2 is 2.11 bits per heavy atom. The van der Waals surface area contributed by atoms with Gasteiger partial charge in [-0.25, -0.2) is 9.78 Å². The number of carboxylic acid groups (broad SMARTS) is 1. The fourth-order valence-electron chi connectivity index (χ4n) is 2.37. The van der Waals surface area contributed by atoms with Gasteiger partial charge in [0.15, 0.2) is 0 Å². The number of carboxylic acids is 1. The van der Waals surface area contributed by atoms with E-state index in [0.717, 1.165) is 16.3 Å². The molecule has 0 spiro atoms. The predicted molar refractivity (Wildman–Crippen MR) is 67.9 cm³/mol. The van der Waals surface area contributed by atoms with E-state index in [-0.39, 0.29) is 5.91 Å². The highest BCUT2D eigenvalue weighted by molar-refractivity contribution is 7.11. The molecule has 98 valence electrons. The lowest BCUT2D eigenvalue weighted by Gasteiger charge is -2.30. The first-order valence-corrected chi connectivity index (χ1v) is 6.67. The maximum Gasteiger partial charge on any atom is 0.329 e. The number of carbonyl (C=O) groups is 2. The molecule has 6 heteroatoms. The second-order valence-corrected chi connectivity index (χ2v) is 6.18. The minimum Gasteiger partial charge on any atom is -0.480 e. The lowest BCUT2D eigenvalue weighted by molar-refractivity contribution is -0.147. The van der Waals surface area contributed by atoms with Gasteiger partial charge >= 0.3 is 5.97 Å². The molecule has 1 unspecified atom stereocenters. The third kappa shape index (κ3) is 1.90. The van der Waals surface area contributed by atoms with Crippen molar-refractivity contribution >= 4 is 23.2 Å². The van der Waals surface area contributed by atoms with Gasteiger partial charge in [0.1, 0.15) is 11.2 Å². The summed E-state index contributed by atoms with van der Waals surface area (Å²) in [6.07, 6.45) is 1.22. The number of hydrogen-bond donors (Lipinski definition) is 1. The van der Waals surface area contributed by atoms with Gasteiger partial charge < -0.3 is 10.0 Å². The molecule has 1 N–H and O–H groups in total. The number of nitrogens with zero attached hydrogens (tertiary/aromatic N) is 2. The Bertz CT molecular complexity index is 511. The van der Waals surface area contributed by atoms with E-state index in [4.69, 9.17) is 0 Å². The summed E-state index contributed by atoms with van der Waals surface area (Å²) in [5.41, 5.74) is -0.701. The van der Waals surface area contributed by atoms with E-state index in [1.165, 1.54) is 16.2 Å². The van der Waals surface area contributed by atoms with E-state index in [1.54, 1.807) is 6.92 Å². The van der Waals surface area contributed by atoms with Gasteiger partial charge in [-0.15, -0.1) is 11.3 Å². The van der Waals surface area contributed by atoms with Crippen LogP contribution in [-0.2, 0) is 4.79 Å². The molecule has 1 fully saturated rings. The summed E-state index contributed by atoms with van der Waals surface area (Å²) in [5, 5.41) is 10.1. The minimum atomic E-state index is -1.10. The number of likely N-dealkylation sites (tertiary alicyclic amines) is 1. The monoisotopic (exact) mass is 268 g/mol. The largest absolute Gasteiger partial charge is 0.480 e. The maximum atomic E-state index is 12.4. The van der Waals surface area contributed by atoms with Gasteiger partial charge in [-0.1, -0.05) is 0 Å². The number of hydrogen-bond acceptors (Lipinski definition) is 4. The van der Waals surface area contributed by atoms with Crippen LogP contribution in [0, 0.1) is 13.8 Å². The van der Waals surface area contributed by atoms with Gasteiger partial charge in [-0.2, -0.15) is 0 Å². The topological polar surface area (TPSA) is 70.5 Å². The molecule has 2 heterocycles. The van der Waals surface area contributed by atoms with Crippen LogP contribution >= 0.6 is 11.3 Å². The fourth-order valence-corrected chi connectivity index (χ4v) is 3.18. The summed E-state index contributed by atoms with van der Waals surface area (Å²) in [4.78, 5) is 30.3. The standard InChI is InChI=1S/C12H16N2O3S/c1-7-9(13-8(2)18-7)10(15)14-6-4-5-12(14,3)11(16)17/h4-6H2,1-3H3,(H,16,17). The van der Waals surface area contributed by atoms with Crippen molar-refractivity contribution in [3.63, 3.8) is 0 Å². The Labute approximate surface area is 109 Å². The molecule has 1 atom stereocenters. The van der Waals surface area contributed by atoms with Crippen molar-refractivity contribution in [2.75, 3.05) is 6.54 Å². The molecule has 0 aromatic carbocycles. The molecule has 0 radical (unpaired) electrons. The van der Waals surface area contributed by atoms with Gasteiger partial charge in [0, 0.05) is 11.4 Å². The van der Waals surface area contributed by atoms with Crippen LogP contribution in [0.25, 0.3) is 0 Å².